The van der Waals surface area contributed by atoms with E-state index in [-0.39, 0.29) is 19.1 Å². The Morgan fingerprint density at radius 2 is 1.00 bits per heavy atom. The number of nitrogens with zero attached hydrogens (tertiary/aromatic N) is 1. The van der Waals surface area contributed by atoms with Crippen molar-refractivity contribution in [1.29, 1.82) is 0 Å². The number of quaternary nitrogens is 1. The summed E-state index contributed by atoms with van der Waals surface area (Å²) in [4.78, 5) is 22.8. The molecular weight excluding hydrogens is 695 g/mol. The number of hydrogen-bond donors (Lipinski definition) is 3. The molecule has 0 aliphatic rings. The normalized spacial score (nSPS) is 14.4. The molecule has 322 valence electrons. The zero-order valence-electron chi connectivity index (χ0n) is 36.5. The fourth-order valence-corrected chi connectivity index (χ4v) is 7.54. The van der Waals surface area contributed by atoms with Crippen molar-refractivity contribution >= 4 is 13.7 Å². The lowest BCUT2D eigenvalue weighted by atomic mass is 10.0. The highest BCUT2D eigenvalue weighted by Crippen LogP contribution is 2.43. The van der Waals surface area contributed by atoms with Gasteiger partial charge in [-0.15, -0.1) is 0 Å². The van der Waals surface area contributed by atoms with Crippen LogP contribution in [0.1, 0.15) is 219 Å². The van der Waals surface area contributed by atoms with Gasteiger partial charge in [0, 0.05) is 6.42 Å². The molecule has 0 aliphatic carbocycles. The molecule has 0 spiro atoms. The summed E-state index contributed by atoms with van der Waals surface area (Å²) in [6, 6.07) is -0.751. The van der Waals surface area contributed by atoms with E-state index in [0.717, 1.165) is 38.5 Å². The third-order valence-electron chi connectivity index (χ3n) is 10.5. The summed E-state index contributed by atoms with van der Waals surface area (Å²) < 4.78 is 23.3. The second-order valence-corrected chi connectivity index (χ2v) is 18.6. The molecule has 0 saturated carbocycles. The van der Waals surface area contributed by atoms with Crippen LogP contribution in [-0.2, 0) is 18.4 Å². The minimum absolute atomic E-state index is 0.0752. The lowest BCUT2D eigenvalue weighted by Crippen LogP contribution is -2.46. The van der Waals surface area contributed by atoms with Gasteiger partial charge in [-0.3, -0.25) is 13.8 Å². The van der Waals surface area contributed by atoms with Crippen molar-refractivity contribution < 1.29 is 32.9 Å². The van der Waals surface area contributed by atoms with Crippen LogP contribution < -0.4 is 5.32 Å². The van der Waals surface area contributed by atoms with Crippen LogP contribution in [0.25, 0.3) is 0 Å². The van der Waals surface area contributed by atoms with Gasteiger partial charge in [-0.05, 0) is 38.5 Å². The van der Waals surface area contributed by atoms with Gasteiger partial charge in [0.15, 0.2) is 0 Å². The SMILES string of the molecule is CCCCCCCCCC/C=C\CCCCCCCCCCCCCCCCCCCC(=O)NC(COP(=O)(O)OCC[N+](C)(C)C)C(O)CCCCC. The first-order chi connectivity index (χ1) is 26.0. The summed E-state index contributed by atoms with van der Waals surface area (Å²) in [5.74, 6) is -0.153. The van der Waals surface area contributed by atoms with Gasteiger partial charge in [-0.25, -0.2) is 4.57 Å². The summed E-state index contributed by atoms with van der Waals surface area (Å²) in [5.41, 5.74) is 0. The highest BCUT2D eigenvalue weighted by Gasteiger charge is 2.28. The van der Waals surface area contributed by atoms with Gasteiger partial charge in [0.25, 0.3) is 0 Å². The maximum atomic E-state index is 12.7. The van der Waals surface area contributed by atoms with Crippen LogP contribution in [-0.4, -0.2) is 73.4 Å². The van der Waals surface area contributed by atoms with Gasteiger partial charge in [-0.1, -0.05) is 187 Å². The molecule has 0 aromatic rings. The number of amides is 1. The van der Waals surface area contributed by atoms with Gasteiger partial charge in [0.2, 0.25) is 5.91 Å². The first-order valence-corrected chi connectivity index (χ1v) is 24.5. The van der Waals surface area contributed by atoms with E-state index >= 15 is 0 Å². The number of aliphatic hydroxyl groups excluding tert-OH is 1. The minimum atomic E-state index is -4.29. The van der Waals surface area contributed by atoms with Crippen molar-refractivity contribution in [3.8, 4) is 0 Å². The Bertz CT molecular complexity index is 896. The summed E-state index contributed by atoms with van der Waals surface area (Å²) in [5, 5.41) is 13.6. The highest BCUT2D eigenvalue weighted by atomic mass is 31.2. The zero-order chi connectivity index (χ0) is 40.0. The Morgan fingerprint density at radius 1 is 0.611 bits per heavy atom. The van der Waals surface area contributed by atoms with E-state index in [0.29, 0.717) is 23.9 Å². The molecule has 0 rings (SSSR count). The van der Waals surface area contributed by atoms with E-state index in [2.05, 4.69) is 31.3 Å². The number of nitrogens with one attached hydrogen (secondary N) is 1. The van der Waals surface area contributed by atoms with Crippen LogP contribution in [0.4, 0.5) is 0 Å². The van der Waals surface area contributed by atoms with E-state index in [9.17, 15) is 19.4 Å². The van der Waals surface area contributed by atoms with Crippen LogP contribution in [0.3, 0.4) is 0 Å². The lowest BCUT2D eigenvalue weighted by Gasteiger charge is -2.26. The highest BCUT2D eigenvalue weighted by molar-refractivity contribution is 7.47. The Morgan fingerprint density at radius 3 is 1.43 bits per heavy atom. The molecule has 0 bridgehead atoms. The first kappa shape index (κ1) is 53.2. The average molecular weight is 788 g/mol. The molecule has 9 heteroatoms. The number of likely N-dealkylation sites (N-methyl/N-ethyl adjacent to an activating group) is 1. The molecule has 0 aliphatic heterocycles. The molecule has 0 aromatic carbocycles. The van der Waals surface area contributed by atoms with E-state index in [4.69, 9.17) is 9.05 Å². The number of phosphoric ester groups is 1. The van der Waals surface area contributed by atoms with Gasteiger partial charge in [0.05, 0.1) is 39.9 Å². The summed E-state index contributed by atoms with van der Waals surface area (Å²) in [7, 11) is 1.62. The van der Waals surface area contributed by atoms with E-state index < -0.39 is 20.0 Å². The standard InChI is InChI=1S/C45H91N2O6P/c1-6-8-10-11-12-13-14-15-16-17-18-19-20-21-22-23-24-25-26-27-28-29-30-31-32-33-34-35-37-39-45(49)46-43(44(48)38-36-9-7-2)42-53-54(50,51)52-41-40-47(3,4)5/h17-18,43-44,48H,6-16,19-42H2,1-5H3,(H-,46,49,50,51)/p+1/b18-17-. The number of rotatable bonds is 42. The van der Waals surface area contributed by atoms with Gasteiger partial charge < -0.3 is 19.8 Å². The smallest absolute Gasteiger partial charge is 0.391 e. The minimum Gasteiger partial charge on any atom is -0.391 e. The molecule has 3 atom stereocenters. The van der Waals surface area contributed by atoms with Crippen LogP contribution in [0.5, 0.6) is 0 Å². The molecule has 3 N–H and O–H groups in total. The first-order valence-electron chi connectivity index (χ1n) is 23.1. The number of unbranched alkanes of at least 4 members (excludes halogenated alkanes) is 27. The van der Waals surface area contributed by atoms with Crippen LogP contribution in [0, 0.1) is 0 Å². The van der Waals surface area contributed by atoms with Crippen LogP contribution in [0.15, 0.2) is 12.2 Å². The number of carbonyl (C=O) groups is 1. The maximum absolute atomic E-state index is 12.7. The molecule has 0 fully saturated rings. The Balaban J connectivity index is 3.75. The largest absolute Gasteiger partial charge is 0.472 e. The van der Waals surface area contributed by atoms with Crippen LogP contribution >= 0.6 is 7.82 Å². The molecular formula is C45H92N2O6P+. The fraction of sp³-hybridized carbons (Fsp3) is 0.933. The third-order valence-corrected chi connectivity index (χ3v) is 11.5. The number of hydrogen-bond acceptors (Lipinski definition) is 5. The Labute approximate surface area is 335 Å². The predicted octanol–water partition coefficient (Wildman–Crippen LogP) is 12.8. The van der Waals surface area contributed by atoms with Crippen molar-refractivity contribution in [3.05, 3.63) is 12.2 Å². The predicted molar refractivity (Wildman–Crippen MR) is 231 cm³/mol. The average Bonchev–Trinajstić information content (AvgIpc) is 3.12. The molecule has 8 nitrogen and oxygen atoms in total. The number of carbonyl (C=O) groups excluding carboxylic acids is 1. The van der Waals surface area contributed by atoms with Crippen molar-refractivity contribution in [3.63, 3.8) is 0 Å². The topological polar surface area (TPSA) is 105 Å². The molecule has 0 aromatic heterocycles. The summed E-state index contributed by atoms with van der Waals surface area (Å²) in [6.45, 7) is 4.73. The molecule has 0 saturated heterocycles. The second-order valence-electron chi connectivity index (χ2n) is 17.1. The third kappa shape index (κ3) is 39.5. The van der Waals surface area contributed by atoms with Crippen LogP contribution in [0.2, 0.25) is 0 Å². The monoisotopic (exact) mass is 788 g/mol. The van der Waals surface area contributed by atoms with Crippen molar-refractivity contribution in [2.24, 2.45) is 0 Å². The van der Waals surface area contributed by atoms with Gasteiger partial charge in [-0.2, -0.15) is 0 Å². The molecule has 0 radical (unpaired) electrons. The van der Waals surface area contributed by atoms with Crippen molar-refractivity contribution in [1.82, 2.24) is 5.32 Å². The second kappa shape index (κ2) is 37.8. The quantitative estimate of drug-likeness (QED) is 0.0246. The molecule has 0 heterocycles. The van der Waals surface area contributed by atoms with E-state index in [1.54, 1.807) is 0 Å². The molecule has 54 heavy (non-hydrogen) atoms. The molecule has 1 amide bonds. The maximum Gasteiger partial charge on any atom is 0.472 e. The number of phosphoric acid groups is 1. The van der Waals surface area contributed by atoms with Gasteiger partial charge in [0.1, 0.15) is 13.2 Å². The Hall–Kier alpha value is -0.760. The number of allylic oxidation sites excluding steroid dienone is 2. The summed E-state index contributed by atoms with van der Waals surface area (Å²) >= 11 is 0. The zero-order valence-corrected chi connectivity index (χ0v) is 37.4. The summed E-state index contributed by atoms with van der Waals surface area (Å²) in [6.07, 6.45) is 43.5. The Kier molecular flexibility index (Phi) is 37.3. The number of aliphatic hydroxyl groups is 1. The van der Waals surface area contributed by atoms with Gasteiger partial charge >= 0.3 is 7.82 Å². The van der Waals surface area contributed by atoms with E-state index in [1.165, 1.54) is 154 Å². The van der Waals surface area contributed by atoms with Crippen molar-refractivity contribution in [2.75, 3.05) is 40.9 Å². The fourth-order valence-electron chi connectivity index (χ4n) is 6.81. The molecule has 3 unspecified atom stereocenters. The van der Waals surface area contributed by atoms with Crippen molar-refractivity contribution in [2.45, 2.75) is 231 Å². The lowest BCUT2D eigenvalue weighted by molar-refractivity contribution is -0.870. The van der Waals surface area contributed by atoms with E-state index in [1.807, 2.05) is 21.1 Å².